The van der Waals surface area contributed by atoms with Crippen molar-refractivity contribution in [2.24, 2.45) is 0 Å². The Kier molecular flexibility index (Phi) is 4.87. The molecule has 0 aliphatic rings. The summed E-state index contributed by atoms with van der Waals surface area (Å²) >= 11 is 12.7. The van der Waals surface area contributed by atoms with E-state index in [4.69, 9.17) is 23.2 Å². The van der Waals surface area contributed by atoms with Gasteiger partial charge in [0.25, 0.3) is 0 Å². The van der Waals surface area contributed by atoms with E-state index in [1.54, 1.807) is 0 Å². The van der Waals surface area contributed by atoms with Crippen molar-refractivity contribution in [1.82, 2.24) is 5.32 Å². The second-order valence-electron chi connectivity index (χ2n) is 4.54. The van der Waals surface area contributed by atoms with Crippen LogP contribution in [0.2, 0.25) is 10.0 Å². The Labute approximate surface area is 124 Å². The van der Waals surface area contributed by atoms with Crippen molar-refractivity contribution in [3.05, 3.63) is 69.2 Å². The Balaban J connectivity index is 2.48. The number of rotatable bonds is 4. The van der Waals surface area contributed by atoms with Crippen LogP contribution in [0.4, 0.5) is 0 Å². The Morgan fingerprint density at radius 1 is 1.00 bits per heavy atom. The molecule has 0 aliphatic carbocycles. The standard InChI is InChI=1S/C16H17Cl2N/c1-3-19-16(12-6-4-5-7-14(12)17)13-9-8-11(2)10-15(13)18/h4-10,16,19H,3H2,1-2H3. The smallest absolute Gasteiger partial charge is 0.0606 e. The molecule has 0 aliphatic heterocycles. The van der Waals surface area contributed by atoms with E-state index in [9.17, 15) is 0 Å². The molecule has 0 saturated heterocycles. The summed E-state index contributed by atoms with van der Waals surface area (Å²) in [5, 5.41) is 4.97. The van der Waals surface area contributed by atoms with Gasteiger partial charge in [-0.05, 0) is 42.3 Å². The average Bonchev–Trinajstić information content (AvgIpc) is 2.38. The highest BCUT2D eigenvalue weighted by Gasteiger charge is 2.18. The Morgan fingerprint density at radius 3 is 2.32 bits per heavy atom. The third-order valence-corrected chi connectivity index (χ3v) is 3.76. The molecule has 1 atom stereocenters. The fraction of sp³-hybridized carbons (Fsp3) is 0.250. The molecule has 0 spiro atoms. The van der Waals surface area contributed by atoms with Gasteiger partial charge in [0.15, 0.2) is 0 Å². The molecule has 1 unspecified atom stereocenters. The monoisotopic (exact) mass is 293 g/mol. The number of hydrogen-bond donors (Lipinski definition) is 1. The molecule has 0 radical (unpaired) electrons. The maximum Gasteiger partial charge on any atom is 0.0606 e. The predicted octanol–water partition coefficient (Wildman–Crippen LogP) is 5.00. The lowest BCUT2D eigenvalue weighted by Gasteiger charge is -2.21. The molecule has 0 bridgehead atoms. The normalized spacial score (nSPS) is 12.4. The van der Waals surface area contributed by atoms with Gasteiger partial charge in [0.1, 0.15) is 0 Å². The highest BCUT2D eigenvalue weighted by atomic mass is 35.5. The second kappa shape index (κ2) is 6.42. The van der Waals surface area contributed by atoms with Crippen molar-refractivity contribution in [2.45, 2.75) is 19.9 Å². The topological polar surface area (TPSA) is 12.0 Å². The molecular formula is C16H17Cl2N. The van der Waals surface area contributed by atoms with E-state index in [0.29, 0.717) is 0 Å². The summed E-state index contributed by atoms with van der Waals surface area (Å²) in [7, 11) is 0. The van der Waals surface area contributed by atoms with Gasteiger partial charge in [-0.3, -0.25) is 0 Å². The van der Waals surface area contributed by atoms with E-state index in [1.165, 1.54) is 0 Å². The van der Waals surface area contributed by atoms with Crippen LogP contribution in [0.3, 0.4) is 0 Å². The lowest BCUT2D eigenvalue weighted by molar-refractivity contribution is 0.631. The van der Waals surface area contributed by atoms with Crippen LogP contribution in [0, 0.1) is 6.92 Å². The number of halogens is 2. The molecule has 0 fully saturated rings. The van der Waals surface area contributed by atoms with Crippen molar-refractivity contribution in [3.63, 3.8) is 0 Å². The predicted molar refractivity (Wildman–Crippen MR) is 83.2 cm³/mol. The maximum atomic E-state index is 6.38. The van der Waals surface area contributed by atoms with Crippen LogP contribution >= 0.6 is 23.2 Å². The quantitative estimate of drug-likeness (QED) is 0.836. The Bertz CT molecular complexity index is 566. The summed E-state index contributed by atoms with van der Waals surface area (Å²) in [5.41, 5.74) is 3.27. The lowest BCUT2D eigenvalue weighted by Crippen LogP contribution is -2.22. The zero-order valence-corrected chi connectivity index (χ0v) is 12.6. The van der Waals surface area contributed by atoms with Crippen LogP contribution in [0.25, 0.3) is 0 Å². The minimum atomic E-state index is 0.0202. The lowest BCUT2D eigenvalue weighted by atomic mass is 9.97. The number of nitrogens with one attached hydrogen (secondary N) is 1. The summed E-state index contributed by atoms with van der Waals surface area (Å²) in [6.45, 7) is 4.96. The van der Waals surface area contributed by atoms with Gasteiger partial charge in [0.05, 0.1) is 6.04 Å². The molecule has 3 heteroatoms. The summed E-state index contributed by atoms with van der Waals surface area (Å²) < 4.78 is 0. The fourth-order valence-electron chi connectivity index (χ4n) is 2.17. The van der Waals surface area contributed by atoms with E-state index in [1.807, 2.05) is 37.3 Å². The van der Waals surface area contributed by atoms with Gasteiger partial charge in [0, 0.05) is 10.0 Å². The van der Waals surface area contributed by atoms with Gasteiger partial charge in [-0.2, -0.15) is 0 Å². The summed E-state index contributed by atoms with van der Waals surface area (Å²) in [6.07, 6.45) is 0. The van der Waals surface area contributed by atoms with E-state index in [-0.39, 0.29) is 6.04 Å². The van der Waals surface area contributed by atoms with E-state index < -0.39 is 0 Å². The SMILES string of the molecule is CCNC(c1ccccc1Cl)c1ccc(C)cc1Cl. The van der Waals surface area contributed by atoms with Crippen LogP contribution in [0.15, 0.2) is 42.5 Å². The molecule has 0 saturated carbocycles. The molecule has 0 amide bonds. The first-order valence-electron chi connectivity index (χ1n) is 6.37. The van der Waals surface area contributed by atoms with Crippen LogP contribution in [0.1, 0.15) is 29.7 Å². The minimum Gasteiger partial charge on any atom is -0.306 e. The molecule has 2 rings (SSSR count). The zero-order valence-electron chi connectivity index (χ0n) is 11.1. The van der Waals surface area contributed by atoms with Crippen LogP contribution in [0.5, 0.6) is 0 Å². The maximum absolute atomic E-state index is 6.38. The first-order valence-corrected chi connectivity index (χ1v) is 7.13. The molecule has 2 aromatic rings. The number of aryl methyl sites for hydroxylation is 1. The fourth-order valence-corrected chi connectivity index (χ4v) is 2.76. The van der Waals surface area contributed by atoms with E-state index in [0.717, 1.165) is 33.3 Å². The van der Waals surface area contributed by atoms with Crippen LogP contribution in [-0.4, -0.2) is 6.54 Å². The molecule has 100 valence electrons. The van der Waals surface area contributed by atoms with Crippen molar-refractivity contribution in [2.75, 3.05) is 6.54 Å². The van der Waals surface area contributed by atoms with Crippen molar-refractivity contribution in [1.29, 1.82) is 0 Å². The highest BCUT2D eigenvalue weighted by Crippen LogP contribution is 2.32. The summed E-state index contributed by atoms with van der Waals surface area (Å²) in [5.74, 6) is 0. The average molecular weight is 294 g/mol. The Hall–Kier alpha value is -1.02. The third kappa shape index (κ3) is 3.30. The van der Waals surface area contributed by atoms with Crippen molar-refractivity contribution >= 4 is 23.2 Å². The molecule has 1 nitrogen and oxygen atoms in total. The molecule has 0 heterocycles. The van der Waals surface area contributed by atoms with Crippen molar-refractivity contribution in [3.8, 4) is 0 Å². The summed E-state index contributed by atoms with van der Waals surface area (Å²) in [6, 6.07) is 14.0. The summed E-state index contributed by atoms with van der Waals surface area (Å²) in [4.78, 5) is 0. The first kappa shape index (κ1) is 14.4. The van der Waals surface area contributed by atoms with Gasteiger partial charge in [-0.15, -0.1) is 0 Å². The highest BCUT2D eigenvalue weighted by molar-refractivity contribution is 6.32. The molecule has 0 aromatic heterocycles. The molecule has 19 heavy (non-hydrogen) atoms. The number of hydrogen-bond acceptors (Lipinski definition) is 1. The van der Waals surface area contributed by atoms with Crippen LogP contribution < -0.4 is 5.32 Å². The van der Waals surface area contributed by atoms with Gasteiger partial charge < -0.3 is 5.32 Å². The van der Waals surface area contributed by atoms with Gasteiger partial charge in [-0.1, -0.05) is 60.5 Å². The van der Waals surface area contributed by atoms with Gasteiger partial charge >= 0.3 is 0 Å². The van der Waals surface area contributed by atoms with E-state index in [2.05, 4.69) is 24.4 Å². The van der Waals surface area contributed by atoms with Crippen LogP contribution in [-0.2, 0) is 0 Å². The molecular weight excluding hydrogens is 277 g/mol. The molecule has 2 aromatic carbocycles. The first-order chi connectivity index (χ1) is 9.13. The third-order valence-electron chi connectivity index (χ3n) is 3.09. The minimum absolute atomic E-state index is 0.0202. The molecule has 1 N–H and O–H groups in total. The zero-order chi connectivity index (χ0) is 13.8. The Morgan fingerprint density at radius 2 is 1.68 bits per heavy atom. The van der Waals surface area contributed by atoms with Crippen molar-refractivity contribution < 1.29 is 0 Å². The largest absolute Gasteiger partial charge is 0.306 e. The second-order valence-corrected chi connectivity index (χ2v) is 5.35. The van der Waals surface area contributed by atoms with Gasteiger partial charge in [0.2, 0.25) is 0 Å². The number of benzene rings is 2. The van der Waals surface area contributed by atoms with E-state index >= 15 is 0 Å². The van der Waals surface area contributed by atoms with Gasteiger partial charge in [-0.25, -0.2) is 0 Å².